The number of aromatic nitrogens is 1. The van der Waals surface area contributed by atoms with E-state index in [9.17, 15) is 9.18 Å². The molecule has 3 nitrogen and oxygen atoms in total. The van der Waals surface area contributed by atoms with Crippen molar-refractivity contribution in [3.63, 3.8) is 0 Å². The molecule has 0 amide bonds. The van der Waals surface area contributed by atoms with Crippen LogP contribution in [0.25, 0.3) is 10.9 Å². The molecule has 90 valence electrons. The van der Waals surface area contributed by atoms with Gasteiger partial charge in [0.15, 0.2) is 5.82 Å². The second-order valence-electron chi connectivity index (χ2n) is 3.52. The average molecular weight is 276 g/mol. The van der Waals surface area contributed by atoms with Crippen molar-refractivity contribution in [1.29, 1.82) is 0 Å². The maximum absolute atomic E-state index is 13.9. The van der Waals surface area contributed by atoms with Crippen LogP contribution in [0.2, 0.25) is 10.0 Å². The van der Waals surface area contributed by atoms with Crippen LogP contribution in [0.1, 0.15) is 10.4 Å². The van der Waals surface area contributed by atoms with Crippen molar-refractivity contribution in [2.45, 2.75) is 0 Å². The predicted octanol–water partition coefficient (Wildman–Crippen LogP) is 3.41. The molecule has 0 radical (unpaired) electrons. The number of esters is 1. The highest BCUT2D eigenvalue weighted by Crippen LogP contribution is 2.34. The fourth-order valence-corrected chi connectivity index (χ4v) is 2.36. The van der Waals surface area contributed by atoms with Crippen molar-refractivity contribution < 1.29 is 13.9 Å². The van der Waals surface area contributed by atoms with Gasteiger partial charge >= 0.3 is 5.97 Å². The monoisotopic (exact) mass is 275 g/mol. The number of aryl methyl sites for hydroxylation is 1. The van der Waals surface area contributed by atoms with Gasteiger partial charge in [0.2, 0.25) is 0 Å². The van der Waals surface area contributed by atoms with Gasteiger partial charge < -0.3 is 9.30 Å². The Hall–Kier alpha value is -1.26. The Bertz CT molecular complexity index is 622. The topological polar surface area (TPSA) is 31.2 Å². The summed E-state index contributed by atoms with van der Waals surface area (Å²) in [6, 6.07) is 1.31. The number of ether oxygens (including phenoxy) is 1. The summed E-state index contributed by atoms with van der Waals surface area (Å²) in [5.41, 5.74) is 0.515. The van der Waals surface area contributed by atoms with E-state index in [-0.39, 0.29) is 21.0 Å². The summed E-state index contributed by atoms with van der Waals surface area (Å²) in [6.45, 7) is 0. The molecule has 0 saturated heterocycles. The summed E-state index contributed by atoms with van der Waals surface area (Å²) >= 11 is 11.7. The summed E-state index contributed by atoms with van der Waals surface area (Å²) < 4.78 is 20.1. The third-order valence-electron chi connectivity index (χ3n) is 2.50. The van der Waals surface area contributed by atoms with Gasteiger partial charge in [-0.25, -0.2) is 9.18 Å². The van der Waals surface area contributed by atoms with Gasteiger partial charge in [0.05, 0.1) is 33.6 Å². The predicted molar refractivity (Wildman–Crippen MR) is 64.2 cm³/mol. The molecule has 0 unspecified atom stereocenters. The number of fused-ring (bicyclic) bond motifs is 1. The minimum atomic E-state index is -0.674. The molecule has 2 rings (SSSR count). The molecule has 2 aromatic rings. The van der Waals surface area contributed by atoms with E-state index in [0.717, 1.165) is 0 Å². The summed E-state index contributed by atoms with van der Waals surface area (Å²) in [5.74, 6) is -1.31. The minimum absolute atomic E-state index is 0.0804. The largest absolute Gasteiger partial charge is 0.465 e. The zero-order valence-corrected chi connectivity index (χ0v) is 10.6. The molecule has 6 heteroatoms. The second kappa shape index (κ2) is 4.20. The fourth-order valence-electron chi connectivity index (χ4n) is 1.76. The molecule has 1 aromatic carbocycles. The zero-order valence-electron chi connectivity index (χ0n) is 9.05. The molecule has 1 aromatic heterocycles. The quantitative estimate of drug-likeness (QED) is 0.590. The van der Waals surface area contributed by atoms with Crippen LogP contribution < -0.4 is 0 Å². The first kappa shape index (κ1) is 12.2. The Labute approximate surface area is 107 Å². The molecule has 1 heterocycles. The van der Waals surface area contributed by atoms with Crippen LogP contribution in [0.15, 0.2) is 12.3 Å². The number of carbonyl (C=O) groups excluding carboxylic acids is 1. The second-order valence-corrected chi connectivity index (χ2v) is 4.34. The van der Waals surface area contributed by atoms with Crippen LogP contribution >= 0.6 is 23.2 Å². The lowest BCUT2D eigenvalue weighted by atomic mass is 10.1. The smallest absolute Gasteiger partial charge is 0.340 e. The van der Waals surface area contributed by atoms with Crippen LogP contribution in [-0.2, 0) is 11.8 Å². The first-order valence-corrected chi connectivity index (χ1v) is 5.43. The Kier molecular flexibility index (Phi) is 3.02. The maximum Gasteiger partial charge on any atom is 0.340 e. The van der Waals surface area contributed by atoms with Crippen LogP contribution in [0, 0.1) is 5.82 Å². The third-order valence-corrected chi connectivity index (χ3v) is 3.06. The molecule has 0 spiro atoms. The lowest BCUT2D eigenvalue weighted by molar-refractivity contribution is 0.0602. The Balaban J connectivity index is 2.93. The SMILES string of the molecule is COC(=O)c1cn(C)c2c(Cl)cc(Cl)c(F)c12. The Morgan fingerprint density at radius 2 is 2.06 bits per heavy atom. The number of hydrogen-bond acceptors (Lipinski definition) is 2. The molecule has 0 bridgehead atoms. The number of rotatable bonds is 1. The molecule has 0 saturated carbocycles. The molecule has 0 N–H and O–H groups in total. The first-order chi connectivity index (χ1) is 7.97. The summed E-state index contributed by atoms with van der Waals surface area (Å²) in [7, 11) is 2.89. The number of halogens is 3. The minimum Gasteiger partial charge on any atom is -0.465 e. The Morgan fingerprint density at radius 1 is 1.41 bits per heavy atom. The summed E-state index contributed by atoms with van der Waals surface area (Å²) in [6.07, 6.45) is 1.46. The zero-order chi connectivity index (χ0) is 12.7. The molecular weight excluding hydrogens is 268 g/mol. The number of nitrogens with zero attached hydrogens (tertiary/aromatic N) is 1. The van der Waals surface area contributed by atoms with Crippen LogP contribution in [-0.4, -0.2) is 17.6 Å². The van der Waals surface area contributed by atoms with Crippen LogP contribution in [0.5, 0.6) is 0 Å². The van der Waals surface area contributed by atoms with E-state index < -0.39 is 11.8 Å². The van der Waals surface area contributed by atoms with Gasteiger partial charge in [-0.1, -0.05) is 23.2 Å². The highest BCUT2D eigenvalue weighted by Gasteiger charge is 2.21. The van der Waals surface area contributed by atoms with Crippen molar-refractivity contribution in [2.75, 3.05) is 7.11 Å². The molecule has 0 fully saturated rings. The van der Waals surface area contributed by atoms with E-state index in [1.165, 1.54) is 19.4 Å². The van der Waals surface area contributed by atoms with E-state index in [1.54, 1.807) is 11.6 Å². The summed E-state index contributed by atoms with van der Waals surface area (Å²) in [5, 5.41) is 0.236. The maximum atomic E-state index is 13.9. The van der Waals surface area contributed by atoms with Crippen molar-refractivity contribution in [3.8, 4) is 0 Å². The first-order valence-electron chi connectivity index (χ1n) is 4.68. The van der Waals surface area contributed by atoms with Gasteiger partial charge in [-0.3, -0.25) is 0 Å². The standard InChI is InChI=1S/C11H8Cl2FNO2/c1-15-4-5(11(16)17-2)8-9(14)6(12)3-7(13)10(8)15/h3-4H,1-2H3. The normalized spacial score (nSPS) is 10.9. The van der Waals surface area contributed by atoms with Gasteiger partial charge in [-0.2, -0.15) is 0 Å². The number of hydrogen-bond donors (Lipinski definition) is 0. The van der Waals surface area contributed by atoms with E-state index >= 15 is 0 Å². The lowest BCUT2D eigenvalue weighted by Crippen LogP contribution is -2.00. The molecular formula is C11H8Cl2FNO2. The third kappa shape index (κ3) is 1.77. The van der Waals surface area contributed by atoms with Gasteiger partial charge in [0, 0.05) is 13.2 Å². The summed E-state index contributed by atoms with van der Waals surface area (Å²) in [4.78, 5) is 11.5. The van der Waals surface area contributed by atoms with Crippen molar-refractivity contribution in [2.24, 2.45) is 7.05 Å². The van der Waals surface area contributed by atoms with Crippen molar-refractivity contribution in [3.05, 3.63) is 33.7 Å². The van der Waals surface area contributed by atoms with Crippen molar-refractivity contribution >= 4 is 40.1 Å². The van der Waals surface area contributed by atoms with E-state index in [1.807, 2.05) is 0 Å². The van der Waals surface area contributed by atoms with Gasteiger partial charge in [0.1, 0.15) is 0 Å². The molecule has 0 atom stereocenters. The van der Waals surface area contributed by atoms with Gasteiger partial charge in [-0.15, -0.1) is 0 Å². The molecule has 0 aliphatic carbocycles. The molecule has 0 aliphatic heterocycles. The van der Waals surface area contributed by atoms with Crippen molar-refractivity contribution in [1.82, 2.24) is 4.57 Å². The highest BCUT2D eigenvalue weighted by atomic mass is 35.5. The molecule has 0 aliphatic rings. The van der Waals surface area contributed by atoms with Crippen LogP contribution in [0.4, 0.5) is 4.39 Å². The van der Waals surface area contributed by atoms with Gasteiger partial charge in [-0.05, 0) is 6.07 Å². The fraction of sp³-hybridized carbons (Fsp3) is 0.182. The van der Waals surface area contributed by atoms with E-state index in [2.05, 4.69) is 4.74 Å². The number of carbonyl (C=O) groups is 1. The molecule has 17 heavy (non-hydrogen) atoms. The van der Waals surface area contributed by atoms with E-state index in [0.29, 0.717) is 5.52 Å². The average Bonchev–Trinajstić information content (AvgIpc) is 2.63. The lowest BCUT2D eigenvalue weighted by Gasteiger charge is -2.03. The van der Waals surface area contributed by atoms with E-state index in [4.69, 9.17) is 23.2 Å². The Morgan fingerprint density at radius 3 is 2.65 bits per heavy atom. The van der Waals surface area contributed by atoms with Crippen LogP contribution in [0.3, 0.4) is 0 Å². The van der Waals surface area contributed by atoms with Gasteiger partial charge in [0.25, 0.3) is 0 Å². The highest BCUT2D eigenvalue weighted by molar-refractivity contribution is 6.39. The number of methoxy groups -OCH3 is 1. The number of benzene rings is 1.